The zero-order valence-electron chi connectivity index (χ0n) is 14.3. The summed E-state index contributed by atoms with van der Waals surface area (Å²) >= 11 is 0. The molecule has 2 atom stereocenters. The first-order valence-corrected chi connectivity index (χ1v) is 7.85. The maximum Gasteiger partial charge on any atom is 0.167 e. The monoisotopic (exact) mass is 367 g/mol. The van der Waals surface area contributed by atoms with Gasteiger partial charge in [-0.3, -0.25) is 0 Å². The highest BCUT2D eigenvalue weighted by Gasteiger charge is 2.36. The molecule has 3 N–H and O–H groups in total. The van der Waals surface area contributed by atoms with Crippen molar-refractivity contribution in [2.45, 2.75) is 12.0 Å². The van der Waals surface area contributed by atoms with Crippen molar-refractivity contribution in [2.24, 2.45) is 21.9 Å². The second kappa shape index (κ2) is 9.65. The molecule has 138 valence electrons. The third-order valence-electron chi connectivity index (χ3n) is 3.86. The van der Waals surface area contributed by atoms with Crippen LogP contribution >= 0.6 is 0 Å². The SMILES string of the molecule is [N-]=[N+]=NCOC1=CCC(C(O)(C#CN)c2ccc(OCN=[N+]=[N-])cc2)C=C1. The molecule has 0 fully saturated rings. The van der Waals surface area contributed by atoms with E-state index in [4.69, 9.17) is 26.3 Å². The highest BCUT2D eigenvalue weighted by molar-refractivity contribution is 5.39. The second-order valence-electron chi connectivity index (χ2n) is 5.38. The molecule has 0 heterocycles. The average Bonchev–Trinajstić information content (AvgIpc) is 2.69. The molecule has 2 rings (SSSR count). The van der Waals surface area contributed by atoms with Crippen molar-refractivity contribution in [3.63, 3.8) is 0 Å². The van der Waals surface area contributed by atoms with Crippen molar-refractivity contribution < 1.29 is 14.6 Å². The highest BCUT2D eigenvalue weighted by atomic mass is 16.5. The van der Waals surface area contributed by atoms with Crippen LogP contribution in [-0.4, -0.2) is 18.6 Å². The second-order valence-corrected chi connectivity index (χ2v) is 5.38. The van der Waals surface area contributed by atoms with Gasteiger partial charge in [-0.05, 0) is 53.3 Å². The van der Waals surface area contributed by atoms with Gasteiger partial charge in [-0.25, -0.2) is 0 Å². The van der Waals surface area contributed by atoms with Gasteiger partial charge >= 0.3 is 0 Å². The normalized spacial score (nSPS) is 17.1. The van der Waals surface area contributed by atoms with E-state index in [-0.39, 0.29) is 19.4 Å². The van der Waals surface area contributed by atoms with Crippen LogP contribution < -0.4 is 10.5 Å². The van der Waals surface area contributed by atoms with Crippen LogP contribution in [0.2, 0.25) is 0 Å². The van der Waals surface area contributed by atoms with E-state index in [9.17, 15) is 5.11 Å². The summed E-state index contributed by atoms with van der Waals surface area (Å²) in [6.45, 7) is -0.237. The summed E-state index contributed by atoms with van der Waals surface area (Å²) in [6, 6.07) is 8.90. The lowest BCUT2D eigenvalue weighted by atomic mass is 9.78. The number of benzene rings is 1. The summed E-state index contributed by atoms with van der Waals surface area (Å²) in [5, 5.41) is 17.8. The molecule has 1 aliphatic rings. The summed E-state index contributed by atoms with van der Waals surface area (Å²) in [5.74, 6) is 3.34. The van der Waals surface area contributed by atoms with Crippen LogP contribution in [0, 0.1) is 17.9 Å². The van der Waals surface area contributed by atoms with Gasteiger partial charge in [-0.2, -0.15) is 0 Å². The molecule has 10 heteroatoms. The standard InChI is InChI=1S/C17H17N7O3/c18-10-9-17(25,13-1-5-15(6-2-13)26-11-21-23-19)14-3-7-16(8-4-14)27-12-22-24-20/h1-3,5-8,14,25H,4,11-12,18H2. The molecular weight excluding hydrogens is 350 g/mol. The molecule has 1 aliphatic carbocycles. The Balaban J connectivity index is 2.15. The van der Waals surface area contributed by atoms with Crippen molar-refractivity contribution in [3.05, 3.63) is 74.7 Å². The lowest BCUT2D eigenvalue weighted by Crippen LogP contribution is -2.33. The predicted octanol–water partition coefficient (Wildman–Crippen LogP) is 3.18. The van der Waals surface area contributed by atoms with E-state index < -0.39 is 5.60 Å². The number of hydrogen-bond donors (Lipinski definition) is 2. The van der Waals surface area contributed by atoms with Crippen LogP contribution in [0.5, 0.6) is 5.75 Å². The van der Waals surface area contributed by atoms with Crippen molar-refractivity contribution in [1.29, 1.82) is 0 Å². The summed E-state index contributed by atoms with van der Waals surface area (Å²) in [6.07, 6.45) is 5.67. The number of nitrogens with zero attached hydrogens (tertiary/aromatic N) is 6. The van der Waals surface area contributed by atoms with Gasteiger partial charge in [0.15, 0.2) is 19.1 Å². The first-order valence-electron chi connectivity index (χ1n) is 7.85. The Bertz CT molecular complexity index is 872. The topological polar surface area (TPSA) is 162 Å². The molecule has 27 heavy (non-hydrogen) atoms. The molecule has 0 saturated heterocycles. The number of nitrogens with two attached hydrogens (primary N) is 1. The third kappa shape index (κ3) is 5.11. The summed E-state index contributed by atoms with van der Waals surface area (Å²) in [7, 11) is 0. The van der Waals surface area contributed by atoms with Gasteiger partial charge in [0.2, 0.25) is 0 Å². The lowest BCUT2D eigenvalue weighted by Gasteiger charge is -2.31. The maximum absolute atomic E-state index is 11.2. The Labute approximate surface area is 155 Å². The summed E-state index contributed by atoms with van der Waals surface area (Å²) in [4.78, 5) is 5.22. The largest absolute Gasteiger partial charge is 0.488 e. The quantitative estimate of drug-likeness (QED) is 0.237. The molecule has 1 aromatic rings. The smallest absolute Gasteiger partial charge is 0.167 e. The average molecular weight is 367 g/mol. The molecule has 0 amide bonds. The van der Waals surface area contributed by atoms with Crippen LogP contribution in [-0.2, 0) is 10.3 Å². The lowest BCUT2D eigenvalue weighted by molar-refractivity contribution is 0.0542. The van der Waals surface area contributed by atoms with Crippen molar-refractivity contribution >= 4 is 0 Å². The van der Waals surface area contributed by atoms with Crippen LogP contribution in [0.1, 0.15) is 12.0 Å². The van der Waals surface area contributed by atoms with E-state index in [1.165, 1.54) is 0 Å². The molecule has 0 aliphatic heterocycles. The van der Waals surface area contributed by atoms with E-state index in [0.29, 0.717) is 23.5 Å². The van der Waals surface area contributed by atoms with Gasteiger partial charge in [-0.1, -0.05) is 28.4 Å². The molecule has 10 nitrogen and oxygen atoms in total. The third-order valence-corrected chi connectivity index (χ3v) is 3.86. The number of rotatable bonds is 8. The van der Waals surface area contributed by atoms with Crippen molar-refractivity contribution in [2.75, 3.05) is 13.5 Å². The minimum atomic E-state index is -1.51. The van der Waals surface area contributed by atoms with Gasteiger partial charge in [-0.15, -0.1) is 0 Å². The van der Waals surface area contributed by atoms with Gasteiger partial charge < -0.3 is 20.3 Å². The molecule has 2 unspecified atom stereocenters. The summed E-state index contributed by atoms with van der Waals surface area (Å²) in [5.41, 5.74) is 20.9. The molecule has 0 spiro atoms. The molecule has 0 aromatic heterocycles. The van der Waals surface area contributed by atoms with Crippen LogP contribution in [0.3, 0.4) is 0 Å². The first-order chi connectivity index (χ1) is 13.1. The summed E-state index contributed by atoms with van der Waals surface area (Å²) < 4.78 is 10.5. The Kier molecular flexibility index (Phi) is 6.99. The fraction of sp³-hybridized carbons (Fsp3) is 0.294. The van der Waals surface area contributed by atoms with E-state index in [1.54, 1.807) is 42.5 Å². The van der Waals surface area contributed by atoms with Crippen LogP contribution in [0.15, 0.2) is 58.5 Å². The number of allylic oxidation sites excluding steroid dienone is 2. The minimum absolute atomic E-state index is 0.110. The van der Waals surface area contributed by atoms with E-state index in [0.717, 1.165) is 0 Å². The fourth-order valence-corrected chi connectivity index (χ4v) is 2.57. The predicted molar refractivity (Wildman–Crippen MR) is 97.4 cm³/mol. The maximum atomic E-state index is 11.2. The van der Waals surface area contributed by atoms with Gasteiger partial charge in [0.25, 0.3) is 0 Å². The van der Waals surface area contributed by atoms with Gasteiger partial charge in [0.05, 0.1) is 0 Å². The Hall–Kier alpha value is -3.76. The zero-order chi connectivity index (χ0) is 19.5. The minimum Gasteiger partial charge on any atom is -0.488 e. The number of azide groups is 2. The van der Waals surface area contributed by atoms with Crippen LogP contribution in [0.4, 0.5) is 0 Å². The van der Waals surface area contributed by atoms with Crippen molar-refractivity contribution in [3.8, 4) is 17.7 Å². The Morgan fingerprint density at radius 3 is 2.41 bits per heavy atom. The molecular formula is C17H17N7O3. The zero-order valence-corrected chi connectivity index (χ0v) is 14.3. The van der Waals surface area contributed by atoms with Crippen LogP contribution in [0.25, 0.3) is 20.9 Å². The van der Waals surface area contributed by atoms with Gasteiger partial charge in [0.1, 0.15) is 11.5 Å². The van der Waals surface area contributed by atoms with E-state index >= 15 is 0 Å². The number of hydrogen-bond acceptors (Lipinski definition) is 6. The number of aliphatic hydroxyl groups is 1. The van der Waals surface area contributed by atoms with E-state index in [1.807, 2.05) is 0 Å². The molecule has 0 radical (unpaired) electrons. The fourth-order valence-electron chi connectivity index (χ4n) is 2.57. The highest BCUT2D eigenvalue weighted by Crippen LogP contribution is 2.36. The number of ether oxygens (including phenoxy) is 2. The molecule has 0 saturated carbocycles. The van der Waals surface area contributed by atoms with E-state index in [2.05, 4.69) is 32.0 Å². The molecule has 1 aromatic carbocycles. The van der Waals surface area contributed by atoms with Gasteiger partial charge in [0, 0.05) is 21.8 Å². The Morgan fingerprint density at radius 2 is 1.85 bits per heavy atom. The molecule has 0 bridgehead atoms. The first kappa shape index (κ1) is 19.6. The Morgan fingerprint density at radius 1 is 1.19 bits per heavy atom. The van der Waals surface area contributed by atoms with Crippen molar-refractivity contribution in [1.82, 2.24) is 0 Å².